The summed E-state index contributed by atoms with van der Waals surface area (Å²) in [6, 6.07) is 68.9. The van der Waals surface area contributed by atoms with Gasteiger partial charge in [-0.2, -0.15) is 0 Å². The van der Waals surface area contributed by atoms with Crippen LogP contribution in [-0.2, 0) is 0 Å². The zero-order valence-electron chi connectivity index (χ0n) is 29.3. The molecule has 0 aliphatic rings. The Morgan fingerprint density at radius 3 is 1.54 bits per heavy atom. The van der Waals surface area contributed by atoms with Crippen LogP contribution in [0.25, 0.3) is 97.7 Å². The number of nitrogens with zero attached hydrogens (tertiary/aromatic N) is 1. The molecule has 0 aliphatic heterocycles. The van der Waals surface area contributed by atoms with Gasteiger partial charge >= 0.3 is 0 Å². The average molecular weight is 686 g/mol. The minimum Gasteiger partial charge on any atom is -0.456 e. The molecule has 250 valence electrons. The Balaban J connectivity index is 1.16. The van der Waals surface area contributed by atoms with E-state index in [1.165, 1.54) is 64.6 Å². The number of benzene rings is 10. The van der Waals surface area contributed by atoms with Crippen molar-refractivity contribution in [3.8, 4) is 11.1 Å². The lowest BCUT2D eigenvalue weighted by Crippen LogP contribution is -2.10. The van der Waals surface area contributed by atoms with Gasteiger partial charge in [-0.05, 0) is 130 Å². The van der Waals surface area contributed by atoms with Crippen LogP contribution in [0.2, 0.25) is 0 Å². The van der Waals surface area contributed by atoms with Gasteiger partial charge in [0.15, 0.2) is 0 Å². The molecular formula is C52H31NO. The third-order valence-electron chi connectivity index (χ3n) is 11.5. The molecule has 12 rings (SSSR count). The van der Waals surface area contributed by atoms with Crippen molar-refractivity contribution in [2.45, 2.75) is 0 Å². The standard InChI is InChI=1S/C52H31NO/c1-2-14-38(15-3-1)53(39-16-6-13-35(28-39)36-26-27-48-45(30-36)41-17-4-5-21-47(41)54-48)40-29-37-25-24-34-11-8-19-43-42-18-7-10-32-22-23-33-12-9-20-44(51(33)49(32)42)46(31-40)52(37)50(34)43/h1-31H. The lowest BCUT2D eigenvalue weighted by atomic mass is 9.87. The topological polar surface area (TPSA) is 16.4 Å². The largest absolute Gasteiger partial charge is 0.456 e. The molecule has 0 saturated carbocycles. The average Bonchev–Trinajstić information content (AvgIpc) is 3.61. The summed E-state index contributed by atoms with van der Waals surface area (Å²) in [7, 11) is 0. The van der Waals surface area contributed by atoms with E-state index in [0.29, 0.717) is 0 Å². The summed E-state index contributed by atoms with van der Waals surface area (Å²) >= 11 is 0. The van der Waals surface area contributed by atoms with Gasteiger partial charge < -0.3 is 9.32 Å². The SMILES string of the molecule is c1ccc(N(c2cccc(-c3ccc4oc5ccccc5c4c3)c2)c2cc3ccc4cccc5c6cccc7ccc8cccc(c(c2)c3c45)c8c76)cc1. The molecule has 1 heterocycles. The fraction of sp³-hybridized carbons (Fsp3) is 0. The zero-order chi connectivity index (χ0) is 35.3. The van der Waals surface area contributed by atoms with Crippen molar-refractivity contribution in [1.29, 1.82) is 0 Å². The second-order valence-corrected chi connectivity index (χ2v) is 14.5. The first-order valence-corrected chi connectivity index (χ1v) is 18.6. The second kappa shape index (κ2) is 11.2. The monoisotopic (exact) mass is 685 g/mol. The summed E-state index contributed by atoms with van der Waals surface area (Å²) in [5.41, 5.74) is 7.45. The molecule has 54 heavy (non-hydrogen) atoms. The van der Waals surface area contributed by atoms with E-state index in [9.17, 15) is 0 Å². The molecule has 0 unspecified atom stereocenters. The van der Waals surface area contributed by atoms with Crippen LogP contribution in [0.3, 0.4) is 0 Å². The molecule has 0 amide bonds. The molecular weight excluding hydrogens is 655 g/mol. The molecule has 0 spiro atoms. The second-order valence-electron chi connectivity index (χ2n) is 14.5. The molecule has 0 fully saturated rings. The number of rotatable bonds is 4. The first-order chi connectivity index (χ1) is 26.8. The first kappa shape index (κ1) is 29.4. The maximum absolute atomic E-state index is 6.18. The van der Waals surface area contributed by atoms with Crippen LogP contribution < -0.4 is 4.90 Å². The fourth-order valence-electron chi connectivity index (χ4n) is 9.15. The van der Waals surface area contributed by atoms with Crippen LogP contribution in [0.4, 0.5) is 17.1 Å². The minimum atomic E-state index is 0.905. The maximum Gasteiger partial charge on any atom is 0.135 e. The Kier molecular flexibility index (Phi) is 6.09. The van der Waals surface area contributed by atoms with Gasteiger partial charge in [-0.1, -0.05) is 133 Å². The number of furan rings is 1. The first-order valence-electron chi connectivity index (χ1n) is 18.6. The van der Waals surface area contributed by atoms with Gasteiger partial charge in [-0.3, -0.25) is 0 Å². The molecule has 0 bridgehead atoms. The highest BCUT2D eigenvalue weighted by molar-refractivity contribution is 6.37. The van der Waals surface area contributed by atoms with E-state index < -0.39 is 0 Å². The molecule has 12 aromatic rings. The van der Waals surface area contributed by atoms with Crippen molar-refractivity contribution in [2.24, 2.45) is 0 Å². The Hall–Kier alpha value is -7.16. The molecule has 0 radical (unpaired) electrons. The van der Waals surface area contributed by atoms with Crippen LogP contribution in [0.15, 0.2) is 192 Å². The lowest BCUT2D eigenvalue weighted by Gasteiger charge is -2.27. The van der Waals surface area contributed by atoms with E-state index in [2.05, 4.69) is 181 Å². The molecule has 1 aromatic heterocycles. The van der Waals surface area contributed by atoms with Crippen LogP contribution >= 0.6 is 0 Å². The van der Waals surface area contributed by atoms with E-state index in [0.717, 1.165) is 50.1 Å². The Morgan fingerprint density at radius 2 is 0.815 bits per heavy atom. The smallest absolute Gasteiger partial charge is 0.135 e. The third-order valence-corrected chi connectivity index (χ3v) is 11.5. The van der Waals surface area contributed by atoms with Crippen LogP contribution in [0.1, 0.15) is 0 Å². The summed E-state index contributed by atoms with van der Waals surface area (Å²) in [6.45, 7) is 0. The van der Waals surface area contributed by atoms with Crippen LogP contribution in [0, 0.1) is 0 Å². The molecule has 11 aromatic carbocycles. The Bertz CT molecular complexity index is 3440. The maximum atomic E-state index is 6.18. The highest BCUT2D eigenvalue weighted by Gasteiger charge is 2.20. The van der Waals surface area contributed by atoms with Crippen molar-refractivity contribution in [3.63, 3.8) is 0 Å². The number of para-hydroxylation sites is 2. The zero-order valence-corrected chi connectivity index (χ0v) is 29.3. The van der Waals surface area contributed by atoms with Crippen LogP contribution in [-0.4, -0.2) is 0 Å². The van der Waals surface area contributed by atoms with Gasteiger partial charge in [0.05, 0.1) is 0 Å². The van der Waals surface area contributed by atoms with Gasteiger partial charge in [-0.15, -0.1) is 0 Å². The Labute approximate surface area is 311 Å². The van der Waals surface area contributed by atoms with Crippen molar-refractivity contribution in [1.82, 2.24) is 0 Å². The molecule has 2 heteroatoms. The number of anilines is 3. The number of hydrogen-bond donors (Lipinski definition) is 0. The summed E-state index contributed by atoms with van der Waals surface area (Å²) in [5.74, 6) is 0. The summed E-state index contributed by atoms with van der Waals surface area (Å²) in [5, 5.41) is 17.6. The van der Waals surface area contributed by atoms with E-state index in [1.54, 1.807) is 0 Å². The van der Waals surface area contributed by atoms with Gasteiger partial charge in [-0.25, -0.2) is 0 Å². The van der Waals surface area contributed by atoms with Crippen molar-refractivity contribution in [2.75, 3.05) is 4.90 Å². The summed E-state index contributed by atoms with van der Waals surface area (Å²) in [4.78, 5) is 2.41. The highest BCUT2D eigenvalue weighted by atomic mass is 16.3. The normalized spacial score (nSPS) is 12.1. The Morgan fingerprint density at radius 1 is 0.278 bits per heavy atom. The van der Waals surface area contributed by atoms with Crippen molar-refractivity contribution < 1.29 is 4.42 Å². The number of hydrogen-bond acceptors (Lipinski definition) is 2. The summed E-state index contributed by atoms with van der Waals surface area (Å²) in [6.07, 6.45) is 0. The lowest BCUT2D eigenvalue weighted by molar-refractivity contribution is 0.669. The highest BCUT2D eigenvalue weighted by Crippen LogP contribution is 2.46. The van der Waals surface area contributed by atoms with Crippen LogP contribution in [0.5, 0.6) is 0 Å². The van der Waals surface area contributed by atoms with Gasteiger partial charge in [0.2, 0.25) is 0 Å². The van der Waals surface area contributed by atoms with Gasteiger partial charge in [0, 0.05) is 27.8 Å². The minimum absolute atomic E-state index is 0.905. The molecule has 0 N–H and O–H groups in total. The van der Waals surface area contributed by atoms with Gasteiger partial charge in [0.1, 0.15) is 11.2 Å². The predicted octanol–water partition coefficient (Wildman–Crippen LogP) is 15.1. The quantitative estimate of drug-likeness (QED) is 0.172. The van der Waals surface area contributed by atoms with E-state index in [-0.39, 0.29) is 0 Å². The van der Waals surface area contributed by atoms with E-state index in [4.69, 9.17) is 4.42 Å². The third kappa shape index (κ3) is 4.22. The summed E-state index contributed by atoms with van der Waals surface area (Å²) < 4.78 is 6.18. The molecule has 0 aliphatic carbocycles. The molecule has 2 nitrogen and oxygen atoms in total. The predicted molar refractivity (Wildman–Crippen MR) is 230 cm³/mol. The van der Waals surface area contributed by atoms with E-state index >= 15 is 0 Å². The fourth-order valence-corrected chi connectivity index (χ4v) is 9.15. The van der Waals surface area contributed by atoms with Crippen molar-refractivity contribution >= 4 is 104 Å². The number of fused-ring (bicyclic) bond motifs is 5. The molecule has 0 atom stereocenters. The van der Waals surface area contributed by atoms with Crippen molar-refractivity contribution in [3.05, 3.63) is 188 Å². The van der Waals surface area contributed by atoms with Gasteiger partial charge in [0.25, 0.3) is 0 Å². The van der Waals surface area contributed by atoms with E-state index in [1.807, 2.05) is 12.1 Å². The molecule has 0 saturated heterocycles.